The highest BCUT2D eigenvalue weighted by Gasteiger charge is 2.21. The van der Waals surface area contributed by atoms with Gasteiger partial charge in [-0.15, -0.1) is 5.10 Å². The minimum absolute atomic E-state index is 0.430. The van der Waals surface area contributed by atoms with Crippen LogP contribution in [-0.4, -0.2) is 48.5 Å². The van der Waals surface area contributed by atoms with Crippen LogP contribution in [0.5, 0.6) is 5.75 Å². The van der Waals surface area contributed by atoms with E-state index in [2.05, 4.69) is 42.4 Å². The summed E-state index contributed by atoms with van der Waals surface area (Å²) in [5.41, 5.74) is 2.53. The van der Waals surface area contributed by atoms with Crippen molar-refractivity contribution in [2.45, 2.75) is 0 Å². The van der Waals surface area contributed by atoms with Crippen LogP contribution in [0.3, 0.4) is 0 Å². The molecule has 1 aliphatic heterocycles. The lowest BCUT2D eigenvalue weighted by molar-refractivity contribution is 0.413. The van der Waals surface area contributed by atoms with Gasteiger partial charge in [0.05, 0.1) is 30.6 Å². The molecule has 2 aromatic carbocycles. The number of nitriles is 1. The van der Waals surface area contributed by atoms with Crippen LogP contribution in [0.4, 0.5) is 23.1 Å². The summed E-state index contributed by atoms with van der Waals surface area (Å²) in [5, 5.41) is 20.2. The molecule has 146 valence electrons. The molecule has 29 heavy (non-hydrogen) atoms. The van der Waals surface area contributed by atoms with Crippen molar-refractivity contribution in [2.75, 3.05) is 48.4 Å². The van der Waals surface area contributed by atoms with Crippen LogP contribution in [0, 0.1) is 11.3 Å². The van der Waals surface area contributed by atoms with Crippen molar-refractivity contribution in [1.82, 2.24) is 15.2 Å². The molecule has 1 saturated heterocycles. The lowest BCUT2D eigenvalue weighted by atomic mass is 10.2. The van der Waals surface area contributed by atoms with Gasteiger partial charge in [0.2, 0.25) is 5.95 Å². The second kappa shape index (κ2) is 8.44. The van der Waals surface area contributed by atoms with Crippen molar-refractivity contribution in [2.24, 2.45) is 0 Å². The van der Waals surface area contributed by atoms with Crippen molar-refractivity contribution >= 4 is 23.1 Å². The summed E-state index contributed by atoms with van der Waals surface area (Å²) >= 11 is 0. The van der Waals surface area contributed by atoms with E-state index in [4.69, 9.17) is 10.00 Å². The zero-order chi connectivity index (χ0) is 20.1. The number of rotatable bonds is 5. The normalized spacial score (nSPS) is 13.7. The Bertz CT molecular complexity index is 1010. The second-order valence-electron chi connectivity index (χ2n) is 6.60. The number of nitrogens with zero attached hydrogens (tertiary/aromatic N) is 6. The zero-order valence-corrected chi connectivity index (χ0v) is 16.1. The first-order valence-corrected chi connectivity index (χ1v) is 9.36. The molecular weight excluding hydrogens is 366 g/mol. The van der Waals surface area contributed by atoms with E-state index in [1.54, 1.807) is 25.4 Å². The average molecular weight is 387 g/mol. The molecular formula is C21H21N7O. The third-order valence-electron chi connectivity index (χ3n) is 4.85. The summed E-state index contributed by atoms with van der Waals surface area (Å²) in [6, 6.07) is 17.3. The molecule has 8 heteroatoms. The van der Waals surface area contributed by atoms with E-state index >= 15 is 0 Å². The van der Waals surface area contributed by atoms with Gasteiger partial charge in [0.1, 0.15) is 5.75 Å². The number of ether oxygens (including phenoxy) is 1. The molecule has 1 N–H and O–H groups in total. The summed E-state index contributed by atoms with van der Waals surface area (Å²) in [5.74, 6) is 2.11. The largest absolute Gasteiger partial charge is 0.495 e. The first kappa shape index (κ1) is 18.5. The highest BCUT2D eigenvalue weighted by atomic mass is 16.5. The van der Waals surface area contributed by atoms with Crippen molar-refractivity contribution < 1.29 is 4.74 Å². The average Bonchev–Trinajstić information content (AvgIpc) is 2.80. The molecule has 8 nitrogen and oxygen atoms in total. The fourth-order valence-electron chi connectivity index (χ4n) is 3.32. The van der Waals surface area contributed by atoms with Crippen LogP contribution < -0.4 is 19.9 Å². The quantitative estimate of drug-likeness (QED) is 0.715. The maximum absolute atomic E-state index is 8.90. The summed E-state index contributed by atoms with van der Waals surface area (Å²) in [6.07, 6.45) is 1.68. The van der Waals surface area contributed by atoms with Gasteiger partial charge < -0.3 is 19.9 Å². The molecule has 0 amide bonds. The van der Waals surface area contributed by atoms with Crippen LogP contribution >= 0.6 is 0 Å². The number of methoxy groups -OCH3 is 1. The van der Waals surface area contributed by atoms with Crippen LogP contribution in [0.25, 0.3) is 0 Å². The Kier molecular flexibility index (Phi) is 5.38. The molecule has 0 radical (unpaired) electrons. The molecule has 3 aromatic rings. The summed E-state index contributed by atoms with van der Waals surface area (Å²) < 4.78 is 5.48. The zero-order valence-electron chi connectivity index (χ0n) is 16.1. The van der Waals surface area contributed by atoms with Crippen molar-refractivity contribution in [1.29, 1.82) is 5.26 Å². The standard InChI is InChI=1S/C21H21N7O/c1-29-19-5-3-2-4-18(19)27-10-12-28(13-11-27)20-15-23-26-21(25-20)24-17-8-6-16(14-22)7-9-17/h2-9,15H,10-13H2,1H3,(H,24,25,26). The molecule has 0 saturated carbocycles. The fraction of sp³-hybridized carbons (Fsp3) is 0.238. The first-order valence-electron chi connectivity index (χ1n) is 9.36. The van der Waals surface area contributed by atoms with Crippen LogP contribution in [0.2, 0.25) is 0 Å². The van der Waals surface area contributed by atoms with Gasteiger partial charge in [-0.05, 0) is 36.4 Å². The number of anilines is 4. The van der Waals surface area contributed by atoms with E-state index in [1.165, 1.54) is 0 Å². The van der Waals surface area contributed by atoms with Crippen molar-refractivity contribution in [3.8, 4) is 11.8 Å². The van der Waals surface area contributed by atoms with Gasteiger partial charge in [-0.2, -0.15) is 15.3 Å². The molecule has 2 heterocycles. The maximum Gasteiger partial charge on any atom is 0.249 e. The van der Waals surface area contributed by atoms with Gasteiger partial charge in [-0.3, -0.25) is 0 Å². The van der Waals surface area contributed by atoms with Crippen LogP contribution in [0.1, 0.15) is 5.56 Å². The number of hydrogen-bond donors (Lipinski definition) is 1. The summed E-state index contributed by atoms with van der Waals surface area (Å²) in [4.78, 5) is 9.12. The molecule has 0 atom stereocenters. The molecule has 0 spiro atoms. The first-order chi connectivity index (χ1) is 14.3. The van der Waals surface area contributed by atoms with Gasteiger partial charge in [0.15, 0.2) is 5.82 Å². The third kappa shape index (κ3) is 4.19. The number of piperazine rings is 1. The highest BCUT2D eigenvalue weighted by molar-refractivity contribution is 5.60. The predicted octanol–water partition coefficient (Wildman–Crippen LogP) is 2.82. The van der Waals surface area contributed by atoms with Gasteiger partial charge in [0, 0.05) is 31.9 Å². The van der Waals surface area contributed by atoms with Gasteiger partial charge in [0.25, 0.3) is 0 Å². The van der Waals surface area contributed by atoms with E-state index in [0.29, 0.717) is 11.5 Å². The fourth-order valence-corrected chi connectivity index (χ4v) is 3.32. The Balaban J connectivity index is 1.42. The minimum Gasteiger partial charge on any atom is -0.495 e. The van der Waals surface area contributed by atoms with Crippen molar-refractivity contribution in [3.05, 3.63) is 60.3 Å². The van der Waals surface area contributed by atoms with E-state index in [-0.39, 0.29) is 0 Å². The molecule has 0 aliphatic carbocycles. The monoisotopic (exact) mass is 387 g/mol. The Morgan fingerprint density at radius 1 is 1.00 bits per heavy atom. The van der Waals surface area contributed by atoms with E-state index in [0.717, 1.165) is 49.1 Å². The molecule has 1 aliphatic rings. The number of hydrogen-bond acceptors (Lipinski definition) is 8. The van der Waals surface area contributed by atoms with E-state index in [1.807, 2.05) is 30.3 Å². The summed E-state index contributed by atoms with van der Waals surface area (Å²) in [7, 11) is 1.70. The van der Waals surface area contributed by atoms with E-state index in [9.17, 15) is 0 Å². The Labute approximate surface area is 169 Å². The number of benzene rings is 2. The lowest BCUT2D eigenvalue weighted by Crippen LogP contribution is -2.47. The molecule has 4 rings (SSSR count). The Morgan fingerprint density at radius 3 is 2.45 bits per heavy atom. The highest BCUT2D eigenvalue weighted by Crippen LogP contribution is 2.29. The van der Waals surface area contributed by atoms with Crippen molar-refractivity contribution in [3.63, 3.8) is 0 Å². The smallest absolute Gasteiger partial charge is 0.249 e. The topological polar surface area (TPSA) is 90.2 Å². The Morgan fingerprint density at radius 2 is 1.72 bits per heavy atom. The minimum atomic E-state index is 0.430. The molecule has 0 unspecified atom stereocenters. The maximum atomic E-state index is 8.90. The molecule has 1 fully saturated rings. The number of para-hydroxylation sites is 2. The lowest BCUT2D eigenvalue weighted by Gasteiger charge is -2.37. The summed E-state index contributed by atoms with van der Waals surface area (Å²) in [6.45, 7) is 3.38. The number of nitrogens with one attached hydrogen (secondary N) is 1. The van der Waals surface area contributed by atoms with Gasteiger partial charge >= 0.3 is 0 Å². The van der Waals surface area contributed by atoms with Crippen LogP contribution in [0.15, 0.2) is 54.7 Å². The van der Waals surface area contributed by atoms with Crippen LogP contribution in [-0.2, 0) is 0 Å². The molecule has 0 bridgehead atoms. The SMILES string of the molecule is COc1ccccc1N1CCN(c2cnnc(Nc3ccc(C#N)cc3)n2)CC1. The third-order valence-corrected chi connectivity index (χ3v) is 4.85. The van der Waals surface area contributed by atoms with Gasteiger partial charge in [-0.1, -0.05) is 12.1 Å². The van der Waals surface area contributed by atoms with Gasteiger partial charge in [-0.25, -0.2) is 0 Å². The number of aromatic nitrogens is 3. The second-order valence-corrected chi connectivity index (χ2v) is 6.60. The predicted molar refractivity (Wildman–Crippen MR) is 112 cm³/mol. The van der Waals surface area contributed by atoms with E-state index < -0.39 is 0 Å². The molecule has 1 aromatic heterocycles. The Hall–Kier alpha value is -3.86.